The Labute approximate surface area is 229 Å². The third-order valence-electron chi connectivity index (χ3n) is 7.47. The molecule has 39 heavy (non-hydrogen) atoms. The first-order chi connectivity index (χ1) is 18.5. The Morgan fingerprint density at radius 3 is 2.36 bits per heavy atom. The molecule has 2 N–H and O–H groups in total. The van der Waals surface area contributed by atoms with Crippen LogP contribution in [-0.4, -0.2) is 97.4 Å². The summed E-state index contributed by atoms with van der Waals surface area (Å²) in [5.74, 6) is -0.859. The number of aldehydes is 1. The summed E-state index contributed by atoms with van der Waals surface area (Å²) in [7, 11) is 0. The van der Waals surface area contributed by atoms with Gasteiger partial charge >= 0.3 is 6.09 Å². The molecule has 4 amide bonds. The van der Waals surface area contributed by atoms with Crippen molar-refractivity contribution >= 4 is 35.8 Å². The van der Waals surface area contributed by atoms with Gasteiger partial charge in [-0.15, -0.1) is 0 Å². The molecule has 1 unspecified atom stereocenters. The standard InChI is InChI=1S/C28H39N5O6/c1-28(2,3)39-27(38)33-10-8-19(9-11-33)17-31-12-14-32(15-13-31)21-4-5-22(20(16-21)18-34)25(36)29-23-6-7-24(35)30-26(23)37/h4-5,16,18-19,23H,6-15,17H2,1-3H3,(H,29,36)(H,30,35,37). The van der Waals surface area contributed by atoms with Crippen LogP contribution in [0.15, 0.2) is 18.2 Å². The molecule has 212 valence electrons. The van der Waals surface area contributed by atoms with Crippen molar-refractivity contribution in [3.05, 3.63) is 29.3 Å². The van der Waals surface area contributed by atoms with Crippen molar-refractivity contribution in [1.82, 2.24) is 20.4 Å². The molecule has 3 fully saturated rings. The number of benzene rings is 1. The molecule has 0 radical (unpaired) electrons. The molecular weight excluding hydrogens is 502 g/mol. The Bertz CT molecular complexity index is 1100. The van der Waals surface area contributed by atoms with Crippen molar-refractivity contribution in [2.24, 2.45) is 5.92 Å². The molecule has 4 rings (SSSR count). The highest BCUT2D eigenvalue weighted by Gasteiger charge is 2.30. The summed E-state index contributed by atoms with van der Waals surface area (Å²) < 4.78 is 5.49. The predicted octanol–water partition coefficient (Wildman–Crippen LogP) is 1.80. The maximum Gasteiger partial charge on any atom is 0.410 e. The molecule has 0 spiro atoms. The second-order valence-electron chi connectivity index (χ2n) is 11.6. The number of nitrogens with zero attached hydrogens (tertiary/aromatic N) is 3. The SMILES string of the molecule is CC(C)(C)OC(=O)N1CCC(CN2CCN(c3ccc(C(=O)NC4CCC(=O)NC4=O)c(C=O)c3)CC2)CC1. The van der Waals surface area contributed by atoms with E-state index in [1.54, 1.807) is 17.0 Å². The van der Waals surface area contributed by atoms with Crippen molar-refractivity contribution in [3.63, 3.8) is 0 Å². The van der Waals surface area contributed by atoms with Crippen LogP contribution in [0.2, 0.25) is 0 Å². The van der Waals surface area contributed by atoms with Crippen LogP contribution < -0.4 is 15.5 Å². The van der Waals surface area contributed by atoms with Crippen LogP contribution in [0.25, 0.3) is 0 Å². The lowest BCUT2D eigenvalue weighted by atomic mass is 9.96. The number of rotatable bonds is 6. The molecule has 11 heteroatoms. The van der Waals surface area contributed by atoms with Crippen LogP contribution in [0, 0.1) is 5.92 Å². The number of carbonyl (C=O) groups excluding carboxylic acids is 5. The molecule has 0 aliphatic carbocycles. The summed E-state index contributed by atoms with van der Waals surface area (Å²) in [5.41, 5.74) is 0.856. The molecule has 11 nitrogen and oxygen atoms in total. The lowest BCUT2D eigenvalue weighted by Gasteiger charge is -2.39. The van der Waals surface area contributed by atoms with Gasteiger partial charge in [-0.1, -0.05) is 0 Å². The number of ether oxygens (including phenoxy) is 1. The molecule has 0 aromatic heterocycles. The summed E-state index contributed by atoms with van der Waals surface area (Å²) in [6.07, 6.45) is 2.74. The number of hydrogen-bond acceptors (Lipinski definition) is 8. The Morgan fingerprint density at radius 1 is 1.05 bits per heavy atom. The summed E-state index contributed by atoms with van der Waals surface area (Å²) >= 11 is 0. The number of piperidine rings is 2. The summed E-state index contributed by atoms with van der Waals surface area (Å²) in [6.45, 7) is 11.5. The number of anilines is 1. The molecule has 1 atom stereocenters. The Morgan fingerprint density at radius 2 is 1.74 bits per heavy atom. The Balaban J connectivity index is 1.25. The van der Waals surface area contributed by atoms with E-state index in [0.29, 0.717) is 12.2 Å². The normalized spacial score (nSPS) is 21.4. The number of hydrogen-bond donors (Lipinski definition) is 2. The number of likely N-dealkylation sites (tertiary alicyclic amines) is 1. The first-order valence-corrected chi connectivity index (χ1v) is 13.7. The van der Waals surface area contributed by atoms with Gasteiger partial charge in [0.15, 0.2) is 6.29 Å². The minimum atomic E-state index is -0.799. The predicted molar refractivity (Wildman–Crippen MR) is 145 cm³/mol. The maximum atomic E-state index is 12.8. The topological polar surface area (TPSA) is 128 Å². The highest BCUT2D eigenvalue weighted by atomic mass is 16.6. The molecular formula is C28H39N5O6. The van der Waals surface area contributed by atoms with E-state index in [1.165, 1.54) is 0 Å². The quantitative estimate of drug-likeness (QED) is 0.412. The van der Waals surface area contributed by atoms with Gasteiger partial charge < -0.3 is 19.9 Å². The molecule has 3 aliphatic heterocycles. The number of amides is 4. The summed E-state index contributed by atoms with van der Waals surface area (Å²) in [6, 6.07) is 4.36. The molecule has 1 aromatic rings. The molecule has 3 heterocycles. The lowest BCUT2D eigenvalue weighted by molar-refractivity contribution is -0.134. The van der Waals surface area contributed by atoms with E-state index in [2.05, 4.69) is 20.4 Å². The van der Waals surface area contributed by atoms with Crippen molar-refractivity contribution in [3.8, 4) is 0 Å². The van der Waals surface area contributed by atoms with Crippen LogP contribution in [0.4, 0.5) is 10.5 Å². The van der Waals surface area contributed by atoms with Crippen LogP contribution in [0.3, 0.4) is 0 Å². The second-order valence-corrected chi connectivity index (χ2v) is 11.6. The minimum absolute atomic E-state index is 0.160. The highest BCUT2D eigenvalue weighted by molar-refractivity contribution is 6.06. The van der Waals surface area contributed by atoms with Crippen molar-refractivity contribution in [2.75, 3.05) is 50.7 Å². The number of piperazine rings is 1. The van der Waals surface area contributed by atoms with E-state index in [1.807, 2.05) is 26.8 Å². The lowest BCUT2D eigenvalue weighted by Crippen LogP contribution is -2.52. The minimum Gasteiger partial charge on any atom is -0.444 e. The zero-order valence-electron chi connectivity index (χ0n) is 23.0. The van der Waals surface area contributed by atoms with Gasteiger partial charge in [-0.3, -0.25) is 29.4 Å². The molecule has 3 saturated heterocycles. The van der Waals surface area contributed by atoms with Crippen LogP contribution in [0.5, 0.6) is 0 Å². The van der Waals surface area contributed by atoms with Gasteiger partial charge in [-0.2, -0.15) is 0 Å². The average molecular weight is 542 g/mol. The molecule has 0 saturated carbocycles. The third kappa shape index (κ3) is 7.56. The van der Waals surface area contributed by atoms with Gasteiger partial charge in [0, 0.05) is 69.0 Å². The highest BCUT2D eigenvalue weighted by Crippen LogP contribution is 2.24. The smallest absolute Gasteiger partial charge is 0.410 e. The van der Waals surface area contributed by atoms with Crippen LogP contribution in [0.1, 0.15) is 67.2 Å². The monoisotopic (exact) mass is 541 g/mol. The van der Waals surface area contributed by atoms with Crippen LogP contribution in [-0.2, 0) is 14.3 Å². The van der Waals surface area contributed by atoms with Crippen molar-refractivity contribution < 1.29 is 28.7 Å². The van der Waals surface area contributed by atoms with E-state index in [0.717, 1.165) is 64.3 Å². The van der Waals surface area contributed by atoms with E-state index in [9.17, 15) is 24.0 Å². The van der Waals surface area contributed by atoms with Gasteiger partial charge in [0.1, 0.15) is 11.6 Å². The van der Waals surface area contributed by atoms with Crippen molar-refractivity contribution in [1.29, 1.82) is 0 Å². The van der Waals surface area contributed by atoms with E-state index >= 15 is 0 Å². The first-order valence-electron chi connectivity index (χ1n) is 13.7. The zero-order chi connectivity index (χ0) is 28.2. The second kappa shape index (κ2) is 12.1. The number of nitrogens with one attached hydrogen (secondary N) is 2. The van der Waals surface area contributed by atoms with Gasteiger partial charge in [-0.05, 0) is 64.2 Å². The molecule has 3 aliphatic rings. The first kappa shape index (κ1) is 28.5. The van der Waals surface area contributed by atoms with Gasteiger partial charge in [0.25, 0.3) is 5.91 Å². The molecule has 0 bridgehead atoms. The third-order valence-corrected chi connectivity index (χ3v) is 7.47. The van der Waals surface area contributed by atoms with E-state index < -0.39 is 23.5 Å². The van der Waals surface area contributed by atoms with Gasteiger partial charge in [0.05, 0.1) is 0 Å². The zero-order valence-corrected chi connectivity index (χ0v) is 23.0. The molecule has 1 aromatic carbocycles. The van der Waals surface area contributed by atoms with E-state index in [-0.39, 0.29) is 36.0 Å². The van der Waals surface area contributed by atoms with Crippen molar-refractivity contribution in [2.45, 2.75) is 58.1 Å². The fourth-order valence-electron chi connectivity index (χ4n) is 5.30. The fourth-order valence-corrected chi connectivity index (χ4v) is 5.30. The van der Waals surface area contributed by atoms with E-state index in [4.69, 9.17) is 4.74 Å². The average Bonchev–Trinajstić information content (AvgIpc) is 2.89. The van der Waals surface area contributed by atoms with Gasteiger partial charge in [0.2, 0.25) is 11.8 Å². The number of imide groups is 1. The Kier molecular flexibility index (Phi) is 8.89. The Hall–Kier alpha value is -3.47. The summed E-state index contributed by atoms with van der Waals surface area (Å²) in [5, 5.41) is 4.85. The van der Waals surface area contributed by atoms with Gasteiger partial charge in [-0.25, -0.2) is 4.79 Å². The largest absolute Gasteiger partial charge is 0.444 e. The number of carbonyl (C=O) groups is 5. The maximum absolute atomic E-state index is 12.8. The van der Waals surface area contributed by atoms with Crippen LogP contribution >= 0.6 is 0 Å². The summed E-state index contributed by atoms with van der Waals surface area (Å²) in [4.78, 5) is 66.7. The fraction of sp³-hybridized carbons (Fsp3) is 0.607.